The molecule has 2 amide bonds. The number of hydrogen-bond acceptors (Lipinski definition) is 6. The van der Waals surface area contributed by atoms with Gasteiger partial charge >= 0.3 is 5.97 Å². The fraction of sp³-hybridized carbons (Fsp3) is 0.345. The summed E-state index contributed by atoms with van der Waals surface area (Å²) in [6.07, 6.45) is 2.49. The molecule has 3 atom stereocenters. The number of carboxylic acid groups (broad SMARTS) is 1. The van der Waals surface area contributed by atoms with E-state index in [-0.39, 0.29) is 24.7 Å². The van der Waals surface area contributed by atoms with Gasteiger partial charge in [0.25, 0.3) is 5.91 Å². The van der Waals surface area contributed by atoms with E-state index < -0.39 is 48.3 Å². The quantitative estimate of drug-likeness (QED) is 0.205. The van der Waals surface area contributed by atoms with Gasteiger partial charge in [-0.2, -0.15) is 0 Å². The van der Waals surface area contributed by atoms with Crippen molar-refractivity contribution in [2.75, 3.05) is 6.54 Å². The minimum atomic E-state index is -1.60. The SMILES string of the molecule is CC(C)C(NC(=O)/C=C/c1ccccc1)C1=NOC(Cc2ccccc2)(C(=O)N[C@@H](CC(=O)O)C(=O)C[NH+]=[N-])C1. The number of nitrogens with zero attached hydrogens (tertiary/aromatic N) is 2. The number of hydrogen-bond donors (Lipinski definition) is 4. The van der Waals surface area contributed by atoms with E-state index in [1.54, 1.807) is 23.3 Å². The number of carbonyl (C=O) groups is 4. The van der Waals surface area contributed by atoms with Crippen LogP contribution in [0.25, 0.3) is 11.6 Å². The Balaban J connectivity index is 1.83. The maximum atomic E-state index is 13.7. The number of Topliss-reactive ketones (excluding diaryl/α,β-unsaturated/α-hetero) is 1. The van der Waals surface area contributed by atoms with Crippen molar-refractivity contribution in [2.45, 2.75) is 50.8 Å². The molecule has 0 saturated carbocycles. The zero-order chi connectivity index (χ0) is 29.1. The molecule has 2 aromatic rings. The lowest BCUT2D eigenvalue weighted by Gasteiger charge is -2.28. The second kappa shape index (κ2) is 13.9. The van der Waals surface area contributed by atoms with Crippen LogP contribution < -0.4 is 15.7 Å². The van der Waals surface area contributed by atoms with Crippen molar-refractivity contribution >= 4 is 35.4 Å². The maximum Gasteiger partial charge on any atom is 0.305 e. The summed E-state index contributed by atoms with van der Waals surface area (Å²) >= 11 is 0. The molecule has 0 saturated heterocycles. The first kappa shape index (κ1) is 29.9. The Labute approximate surface area is 232 Å². The Kier molecular flexibility index (Phi) is 10.4. The predicted molar refractivity (Wildman–Crippen MR) is 147 cm³/mol. The minimum Gasteiger partial charge on any atom is -0.508 e. The second-order valence-electron chi connectivity index (χ2n) is 9.91. The molecule has 2 aromatic carbocycles. The molecule has 11 nitrogen and oxygen atoms in total. The number of nitrogens with one attached hydrogen (secondary N) is 3. The highest BCUT2D eigenvalue weighted by Crippen LogP contribution is 2.31. The molecule has 0 spiro atoms. The zero-order valence-electron chi connectivity index (χ0n) is 22.4. The molecule has 1 aliphatic heterocycles. The Morgan fingerprint density at radius 3 is 2.33 bits per heavy atom. The van der Waals surface area contributed by atoms with Crippen LogP contribution in [0.15, 0.2) is 71.9 Å². The Morgan fingerprint density at radius 2 is 1.73 bits per heavy atom. The van der Waals surface area contributed by atoms with Crippen LogP contribution in [-0.4, -0.2) is 58.6 Å². The number of oxime groups is 1. The molecule has 0 fully saturated rings. The average Bonchev–Trinajstić information content (AvgIpc) is 3.35. The van der Waals surface area contributed by atoms with Crippen molar-refractivity contribution < 1.29 is 34.2 Å². The van der Waals surface area contributed by atoms with Gasteiger partial charge < -0.3 is 31.2 Å². The van der Waals surface area contributed by atoms with Gasteiger partial charge in [0.2, 0.25) is 17.3 Å². The van der Waals surface area contributed by atoms with Gasteiger partial charge in [0.05, 0.1) is 18.2 Å². The number of benzene rings is 2. The van der Waals surface area contributed by atoms with E-state index in [2.05, 4.69) is 15.8 Å². The third-order valence-corrected chi connectivity index (χ3v) is 6.43. The largest absolute Gasteiger partial charge is 0.508 e. The van der Waals surface area contributed by atoms with Crippen LogP contribution in [0.3, 0.4) is 0 Å². The van der Waals surface area contributed by atoms with E-state index in [0.29, 0.717) is 5.71 Å². The van der Waals surface area contributed by atoms with Gasteiger partial charge in [-0.05, 0) is 23.1 Å². The van der Waals surface area contributed by atoms with Crippen molar-refractivity contribution in [3.63, 3.8) is 0 Å². The number of aliphatic carboxylic acids is 1. The summed E-state index contributed by atoms with van der Waals surface area (Å²) in [6, 6.07) is 16.4. The lowest BCUT2D eigenvalue weighted by molar-refractivity contribution is -0.467. The minimum absolute atomic E-state index is 0.00845. The molecular weight excluding hydrogens is 514 g/mol. The molecule has 0 aliphatic carbocycles. The molecule has 210 valence electrons. The molecule has 2 unspecified atom stereocenters. The van der Waals surface area contributed by atoms with Crippen LogP contribution in [0.2, 0.25) is 0 Å². The van der Waals surface area contributed by atoms with Crippen LogP contribution >= 0.6 is 0 Å². The average molecular weight is 548 g/mol. The van der Waals surface area contributed by atoms with Gasteiger partial charge in [-0.3, -0.25) is 19.2 Å². The zero-order valence-corrected chi connectivity index (χ0v) is 22.4. The molecule has 0 radical (unpaired) electrons. The topological polar surface area (TPSA) is 170 Å². The lowest BCUT2D eigenvalue weighted by atomic mass is 9.84. The highest BCUT2D eigenvalue weighted by atomic mass is 16.7. The smallest absolute Gasteiger partial charge is 0.305 e. The van der Waals surface area contributed by atoms with E-state index in [9.17, 15) is 24.3 Å². The van der Waals surface area contributed by atoms with Gasteiger partial charge in [0, 0.05) is 18.9 Å². The summed E-state index contributed by atoms with van der Waals surface area (Å²) < 4.78 is 0. The third-order valence-electron chi connectivity index (χ3n) is 6.43. The van der Waals surface area contributed by atoms with Gasteiger partial charge in [-0.1, -0.05) is 79.7 Å². The fourth-order valence-corrected chi connectivity index (χ4v) is 4.38. The summed E-state index contributed by atoms with van der Waals surface area (Å²) in [7, 11) is 0. The van der Waals surface area contributed by atoms with Crippen LogP contribution in [0.1, 0.15) is 37.8 Å². The molecule has 1 aliphatic rings. The summed E-state index contributed by atoms with van der Waals surface area (Å²) in [5.74, 6) is -3.21. The molecule has 40 heavy (non-hydrogen) atoms. The summed E-state index contributed by atoms with van der Waals surface area (Å²) in [5, 5.41) is 20.6. The van der Waals surface area contributed by atoms with Crippen LogP contribution in [0.4, 0.5) is 0 Å². The number of ketones is 1. The molecule has 3 rings (SSSR count). The van der Waals surface area contributed by atoms with Crippen molar-refractivity contribution in [2.24, 2.45) is 11.1 Å². The van der Waals surface area contributed by atoms with E-state index in [0.717, 1.165) is 11.1 Å². The van der Waals surface area contributed by atoms with Gasteiger partial charge in [-0.15, -0.1) is 0 Å². The Morgan fingerprint density at radius 1 is 1.07 bits per heavy atom. The van der Waals surface area contributed by atoms with E-state index in [4.69, 9.17) is 10.4 Å². The number of amides is 2. The van der Waals surface area contributed by atoms with Crippen LogP contribution in [-0.2, 0) is 30.4 Å². The first-order valence-electron chi connectivity index (χ1n) is 12.9. The molecule has 1 heterocycles. The number of carbonyl (C=O) groups excluding carboxylic acids is 3. The van der Waals surface area contributed by atoms with Crippen molar-refractivity contribution in [3.05, 3.63) is 83.4 Å². The first-order chi connectivity index (χ1) is 19.1. The second-order valence-corrected chi connectivity index (χ2v) is 9.91. The predicted octanol–water partition coefficient (Wildman–Crippen LogP) is 1.23. The van der Waals surface area contributed by atoms with Crippen molar-refractivity contribution in [1.29, 1.82) is 0 Å². The summed E-state index contributed by atoms with van der Waals surface area (Å²) in [6.45, 7) is 3.24. The highest BCUT2D eigenvalue weighted by Gasteiger charge is 2.49. The lowest BCUT2D eigenvalue weighted by Crippen LogP contribution is -2.68. The maximum absolute atomic E-state index is 13.7. The van der Waals surface area contributed by atoms with Crippen molar-refractivity contribution in [3.8, 4) is 0 Å². The van der Waals surface area contributed by atoms with E-state index >= 15 is 0 Å². The Hall–Kier alpha value is -4.67. The van der Waals surface area contributed by atoms with Crippen LogP contribution in [0.5, 0.6) is 0 Å². The highest BCUT2D eigenvalue weighted by molar-refractivity contribution is 6.03. The monoisotopic (exact) mass is 547 g/mol. The normalized spacial score (nSPS) is 17.9. The van der Waals surface area contributed by atoms with Gasteiger partial charge in [-0.25, -0.2) is 0 Å². The first-order valence-corrected chi connectivity index (χ1v) is 12.9. The van der Waals surface area contributed by atoms with Gasteiger partial charge in [0.15, 0.2) is 6.54 Å². The number of carboxylic acids is 1. The third kappa shape index (κ3) is 8.16. The van der Waals surface area contributed by atoms with E-state index in [1.807, 2.05) is 62.4 Å². The van der Waals surface area contributed by atoms with Gasteiger partial charge in [0.1, 0.15) is 6.04 Å². The summed E-state index contributed by atoms with van der Waals surface area (Å²) in [4.78, 5) is 56.0. The molecule has 0 aromatic heterocycles. The fourth-order valence-electron chi connectivity index (χ4n) is 4.38. The van der Waals surface area contributed by atoms with Crippen molar-refractivity contribution in [1.82, 2.24) is 10.6 Å². The molecule has 4 N–H and O–H groups in total. The standard InChI is InChI=1S/C29H33N5O6/c1-19(2)27(33-25(36)14-13-20-9-5-3-6-10-20)23-17-29(40-34-23,16-21-11-7-4-8-12-21)28(39)32-22(15-26(37)38)24(35)18-31-30/h3-14,19,22,27,31H,15-18H2,1-2H3,(H,32,39)(H,33,36)(H,37,38)/b14-13+/t22-,27?,29?/m0/s1. The Bertz CT molecular complexity index is 1280. The molecular formula is C29H33N5O6. The van der Waals surface area contributed by atoms with Crippen LogP contribution in [0, 0.1) is 5.92 Å². The molecule has 0 bridgehead atoms. The van der Waals surface area contributed by atoms with E-state index in [1.165, 1.54) is 6.08 Å². The number of rotatable bonds is 14. The molecule has 11 heteroatoms. The summed E-state index contributed by atoms with van der Waals surface area (Å²) in [5.41, 5.74) is 9.37.